The molecule has 0 rings (SSSR count). The number of amides is 3. The summed E-state index contributed by atoms with van der Waals surface area (Å²) in [6, 6.07) is -4.11. The highest BCUT2D eigenvalue weighted by Gasteiger charge is 2.31. The highest BCUT2D eigenvalue weighted by Crippen LogP contribution is 2.09. The number of guanidine groups is 2. The maximum Gasteiger partial charge on any atom is 0.326 e. The Bertz CT molecular complexity index is 838. The van der Waals surface area contributed by atoms with Crippen LogP contribution in [-0.4, -0.2) is 78.0 Å². The molecule has 0 spiro atoms. The Morgan fingerprint density at radius 3 is 1.63 bits per heavy atom. The molecule has 0 aromatic rings. The third-order valence-corrected chi connectivity index (χ3v) is 5.45. The lowest BCUT2D eigenvalue weighted by Crippen LogP contribution is -2.58. The van der Waals surface area contributed by atoms with Crippen molar-refractivity contribution >= 4 is 35.6 Å². The van der Waals surface area contributed by atoms with Crippen LogP contribution in [0.1, 0.15) is 59.8 Å². The molecule has 0 bridgehead atoms. The maximum absolute atomic E-state index is 13.2. The van der Waals surface area contributed by atoms with Gasteiger partial charge in [0.15, 0.2) is 11.9 Å². The minimum atomic E-state index is -1.24. The molecule has 0 saturated carbocycles. The smallest absolute Gasteiger partial charge is 0.326 e. The second-order valence-electron chi connectivity index (χ2n) is 9.82. The molecule has 0 aliphatic heterocycles. The zero-order chi connectivity index (χ0) is 29.4. The quantitative estimate of drug-likeness (QED) is 0.0505. The first-order chi connectivity index (χ1) is 17.6. The molecule has 0 aromatic carbocycles. The minimum absolute atomic E-state index is 0.0772. The second kappa shape index (κ2) is 17.8. The monoisotopic (exact) mass is 542 g/mol. The Balaban J connectivity index is 5.50. The lowest BCUT2D eigenvalue weighted by atomic mass is 10.0. The average Bonchev–Trinajstić information content (AvgIpc) is 2.79. The fourth-order valence-electron chi connectivity index (χ4n) is 3.48. The van der Waals surface area contributed by atoms with Crippen molar-refractivity contribution in [2.45, 2.75) is 84.0 Å². The van der Waals surface area contributed by atoms with Crippen LogP contribution in [0.15, 0.2) is 9.98 Å². The largest absolute Gasteiger partial charge is 0.480 e. The van der Waals surface area contributed by atoms with Crippen LogP contribution >= 0.6 is 0 Å². The van der Waals surface area contributed by atoms with Crippen molar-refractivity contribution in [3.8, 4) is 0 Å². The van der Waals surface area contributed by atoms with Crippen LogP contribution < -0.4 is 44.6 Å². The van der Waals surface area contributed by atoms with E-state index >= 15 is 0 Å². The van der Waals surface area contributed by atoms with Gasteiger partial charge >= 0.3 is 5.97 Å². The van der Waals surface area contributed by atoms with Gasteiger partial charge in [-0.1, -0.05) is 27.7 Å². The number of hydrogen-bond donors (Lipinski definition) is 9. The first kappa shape index (κ1) is 34.4. The fourth-order valence-corrected chi connectivity index (χ4v) is 3.48. The van der Waals surface area contributed by atoms with Crippen LogP contribution in [0.3, 0.4) is 0 Å². The highest BCUT2D eigenvalue weighted by atomic mass is 16.4. The van der Waals surface area contributed by atoms with E-state index in [9.17, 15) is 24.3 Å². The minimum Gasteiger partial charge on any atom is -0.480 e. The Kier molecular flexibility index (Phi) is 16.1. The molecule has 15 heteroatoms. The summed E-state index contributed by atoms with van der Waals surface area (Å²) in [7, 11) is 0. The molecule has 4 unspecified atom stereocenters. The third-order valence-electron chi connectivity index (χ3n) is 5.45. The summed E-state index contributed by atoms with van der Waals surface area (Å²) in [5.41, 5.74) is 27.2. The zero-order valence-electron chi connectivity index (χ0n) is 22.8. The Morgan fingerprint density at radius 1 is 0.737 bits per heavy atom. The lowest BCUT2D eigenvalue weighted by Gasteiger charge is -2.27. The number of carboxylic acids is 1. The van der Waals surface area contributed by atoms with E-state index in [0.29, 0.717) is 19.3 Å². The maximum atomic E-state index is 13.2. The highest BCUT2D eigenvalue weighted by molar-refractivity contribution is 5.94. The number of aliphatic carboxylic acids is 1. The van der Waals surface area contributed by atoms with E-state index in [1.165, 1.54) is 0 Å². The van der Waals surface area contributed by atoms with Gasteiger partial charge in [-0.15, -0.1) is 0 Å². The summed E-state index contributed by atoms with van der Waals surface area (Å²) in [6.45, 7) is 7.67. The van der Waals surface area contributed by atoms with Crippen molar-refractivity contribution in [2.24, 2.45) is 50.5 Å². The van der Waals surface area contributed by atoms with E-state index in [0.717, 1.165) is 0 Å². The molecule has 0 heterocycles. The van der Waals surface area contributed by atoms with Crippen molar-refractivity contribution in [3.05, 3.63) is 0 Å². The van der Waals surface area contributed by atoms with Gasteiger partial charge in [-0.2, -0.15) is 0 Å². The van der Waals surface area contributed by atoms with Gasteiger partial charge < -0.3 is 49.7 Å². The molecular formula is C23H46N10O5. The van der Waals surface area contributed by atoms with Gasteiger partial charge in [0.2, 0.25) is 17.7 Å². The van der Waals surface area contributed by atoms with E-state index in [2.05, 4.69) is 25.9 Å². The summed E-state index contributed by atoms with van der Waals surface area (Å²) in [6.07, 6.45) is 1.36. The van der Waals surface area contributed by atoms with Crippen molar-refractivity contribution in [2.75, 3.05) is 13.1 Å². The molecular weight excluding hydrogens is 496 g/mol. The number of carboxylic acid groups (broad SMARTS) is 1. The molecule has 4 atom stereocenters. The van der Waals surface area contributed by atoms with E-state index in [1.807, 2.05) is 13.8 Å². The van der Waals surface area contributed by atoms with Crippen molar-refractivity contribution in [1.29, 1.82) is 0 Å². The van der Waals surface area contributed by atoms with Crippen LogP contribution in [0.25, 0.3) is 0 Å². The van der Waals surface area contributed by atoms with E-state index in [4.69, 9.17) is 28.7 Å². The summed E-state index contributed by atoms with van der Waals surface area (Å²) in [4.78, 5) is 58.1. The molecule has 0 fully saturated rings. The number of nitrogens with zero attached hydrogens (tertiary/aromatic N) is 2. The van der Waals surface area contributed by atoms with Gasteiger partial charge in [-0.05, 0) is 43.9 Å². The van der Waals surface area contributed by atoms with Gasteiger partial charge in [0.25, 0.3) is 0 Å². The summed E-state index contributed by atoms with van der Waals surface area (Å²) in [5.74, 6) is -3.47. The van der Waals surface area contributed by atoms with Gasteiger partial charge in [0.05, 0.1) is 6.04 Å². The van der Waals surface area contributed by atoms with E-state index < -0.39 is 53.8 Å². The molecule has 0 radical (unpaired) electrons. The number of carbonyl (C=O) groups excluding carboxylic acids is 3. The first-order valence-electron chi connectivity index (χ1n) is 12.7. The van der Waals surface area contributed by atoms with E-state index in [-0.39, 0.29) is 43.8 Å². The summed E-state index contributed by atoms with van der Waals surface area (Å²) >= 11 is 0. The molecule has 0 aromatic heterocycles. The standard InChI is InChI=1S/C23H46N10O5/c1-12(2)11-14(24)18(34)31-15(7-5-9-29-22(25)26)19(35)33-17(13(3)4)20(36)32-16(21(37)38)8-6-10-30-23(27)28/h12-17H,5-11,24H2,1-4H3,(H,31,34)(H,32,36)(H,33,35)(H,37,38)(H4,25,26,29)(H4,27,28,30). The van der Waals surface area contributed by atoms with Gasteiger partial charge in [0, 0.05) is 13.1 Å². The number of nitrogens with two attached hydrogens (primary N) is 5. The predicted molar refractivity (Wildman–Crippen MR) is 146 cm³/mol. The van der Waals surface area contributed by atoms with Crippen molar-refractivity contribution < 1.29 is 24.3 Å². The zero-order valence-corrected chi connectivity index (χ0v) is 22.8. The van der Waals surface area contributed by atoms with Crippen molar-refractivity contribution in [1.82, 2.24) is 16.0 Å². The van der Waals surface area contributed by atoms with Crippen LogP contribution in [0.2, 0.25) is 0 Å². The molecule has 15 nitrogen and oxygen atoms in total. The molecule has 0 aliphatic rings. The Labute approximate surface area is 223 Å². The van der Waals surface area contributed by atoms with Gasteiger partial charge in [-0.3, -0.25) is 24.4 Å². The molecule has 0 saturated heterocycles. The van der Waals surface area contributed by atoms with Crippen LogP contribution in [0.5, 0.6) is 0 Å². The second-order valence-corrected chi connectivity index (χ2v) is 9.82. The number of aliphatic imine (C=N–C) groups is 2. The Morgan fingerprint density at radius 2 is 1.21 bits per heavy atom. The molecule has 0 aliphatic carbocycles. The number of rotatable bonds is 18. The number of hydrogen-bond acceptors (Lipinski definition) is 7. The van der Waals surface area contributed by atoms with Crippen LogP contribution in [0.4, 0.5) is 0 Å². The predicted octanol–water partition coefficient (Wildman–Crippen LogP) is -2.34. The third kappa shape index (κ3) is 14.8. The summed E-state index contributed by atoms with van der Waals surface area (Å²) in [5, 5.41) is 17.3. The van der Waals surface area contributed by atoms with Crippen LogP contribution in [0, 0.1) is 11.8 Å². The van der Waals surface area contributed by atoms with Gasteiger partial charge in [0.1, 0.15) is 18.1 Å². The summed E-state index contributed by atoms with van der Waals surface area (Å²) < 4.78 is 0. The average molecular weight is 543 g/mol. The topological polar surface area (TPSA) is 279 Å². The number of nitrogens with one attached hydrogen (secondary N) is 3. The first-order valence-corrected chi connectivity index (χ1v) is 12.7. The lowest BCUT2D eigenvalue weighted by molar-refractivity contribution is -0.142. The molecule has 14 N–H and O–H groups in total. The molecule has 218 valence electrons. The molecule has 3 amide bonds. The Hall–Kier alpha value is -3.62. The molecule has 38 heavy (non-hydrogen) atoms. The normalized spacial score (nSPS) is 14.1. The van der Waals surface area contributed by atoms with Crippen LogP contribution in [-0.2, 0) is 19.2 Å². The fraction of sp³-hybridized carbons (Fsp3) is 0.739. The van der Waals surface area contributed by atoms with Gasteiger partial charge in [-0.25, -0.2) is 4.79 Å². The van der Waals surface area contributed by atoms with E-state index in [1.54, 1.807) is 13.8 Å². The van der Waals surface area contributed by atoms with Crippen molar-refractivity contribution in [3.63, 3.8) is 0 Å². The number of carbonyl (C=O) groups is 4. The SMILES string of the molecule is CC(C)CC(N)C(=O)NC(CCCN=C(N)N)C(=O)NC(C(=O)NC(CCCN=C(N)N)C(=O)O)C(C)C.